The lowest BCUT2D eigenvalue weighted by Gasteiger charge is -2.06. The number of nitrogens with zero attached hydrogens (tertiary/aromatic N) is 1. The smallest absolute Gasteiger partial charge is 0.255 e. The molecule has 3 aromatic rings. The number of rotatable bonds is 4. The van der Waals surface area contributed by atoms with Crippen LogP contribution in [0.25, 0.3) is 11.1 Å². The summed E-state index contributed by atoms with van der Waals surface area (Å²) in [6, 6.07) is 12.4. The Labute approximate surface area is 134 Å². The molecule has 0 aliphatic heterocycles. The molecule has 2 aromatic carbocycles. The van der Waals surface area contributed by atoms with Crippen LogP contribution in [-0.4, -0.2) is 18.0 Å². The predicted molar refractivity (Wildman–Crippen MR) is 89.0 cm³/mol. The quantitative estimate of drug-likeness (QED) is 0.784. The minimum atomic E-state index is -0.181. The van der Waals surface area contributed by atoms with E-state index in [1.165, 1.54) is 0 Å². The molecule has 5 heteroatoms. The van der Waals surface area contributed by atoms with E-state index < -0.39 is 0 Å². The number of aromatic nitrogens is 1. The molecule has 1 N–H and O–H groups in total. The monoisotopic (exact) mass is 310 g/mol. The summed E-state index contributed by atoms with van der Waals surface area (Å²) in [5.41, 5.74) is 2.70. The standard InChI is InChI=1S/C18H18N2O3/c1-11(2)18-20-15-10-13(6-9-16(15)23-18)19-17(21)12-4-7-14(22-3)8-5-12/h4-11H,1-3H3,(H,19,21). The molecule has 3 rings (SSSR count). The number of hydrogen-bond donors (Lipinski definition) is 1. The zero-order valence-electron chi connectivity index (χ0n) is 13.3. The fraction of sp³-hybridized carbons (Fsp3) is 0.222. The van der Waals surface area contributed by atoms with Gasteiger partial charge in [0.15, 0.2) is 11.5 Å². The van der Waals surface area contributed by atoms with E-state index >= 15 is 0 Å². The van der Waals surface area contributed by atoms with Gasteiger partial charge in [-0.25, -0.2) is 4.98 Å². The van der Waals surface area contributed by atoms with Gasteiger partial charge in [-0.05, 0) is 42.5 Å². The molecule has 0 saturated carbocycles. The molecular formula is C18H18N2O3. The van der Waals surface area contributed by atoms with E-state index in [-0.39, 0.29) is 11.8 Å². The van der Waals surface area contributed by atoms with Crippen LogP contribution in [-0.2, 0) is 0 Å². The fourth-order valence-corrected chi connectivity index (χ4v) is 2.22. The van der Waals surface area contributed by atoms with Gasteiger partial charge in [-0.3, -0.25) is 4.79 Å². The van der Waals surface area contributed by atoms with Gasteiger partial charge in [-0.1, -0.05) is 13.8 Å². The summed E-state index contributed by atoms with van der Waals surface area (Å²) in [5.74, 6) is 1.45. The summed E-state index contributed by atoms with van der Waals surface area (Å²) in [4.78, 5) is 16.7. The van der Waals surface area contributed by atoms with Crippen molar-refractivity contribution in [3.05, 3.63) is 53.9 Å². The summed E-state index contributed by atoms with van der Waals surface area (Å²) < 4.78 is 10.7. The molecule has 0 radical (unpaired) electrons. The minimum Gasteiger partial charge on any atom is -0.497 e. The third-order valence-electron chi connectivity index (χ3n) is 3.51. The Hall–Kier alpha value is -2.82. The van der Waals surface area contributed by atoms with Crippen molar-refractivity contribution in [2.24, 2.45) is 0 Å². The molecule has 0 aliphatic carbocycles. The summed E-state index contributed by atoms with van der Waals surface area (Å²) in [7, 11) is 1.59. The van der Waals surface area contributed by atoms with Crippen molar-refractivity contribution in [3.63, 3.8) is 0 Å². The second-order valence-corrected chi connectivity index (χ2v) is 5.57. The van der Waals surface area contributed by atoms with E-state index in [2.05, 4.69) is 10.3 Å². The van der Waals surface area contributed by atoms with Crippen molar-refractivity contribution in [3.8, 4) is 5.75 Å². The van der Waals surface area contributed by atoms with Crippen molar-refractivity contribution in [2.45, 2.75) is 19.8 Å². The molecule has 118 valence electrons. The van der Waals surface area contributed by atoms with Crippen LogP contribution in [0.1, 0.15) is 36.0 Å². The first kappa shape index (κ1) is 15.1. The van der Waals surface area contributed by atoms with Crippen LogP contribution in [0.15, 0.2) is 46.9 Å². The topological polar surface area (TPSA) is 64.4 Å². The fourth-order valence-electron chi connectivity index (χ4n) is 2.22. The van der Waals surface area contributed by atoms with E-state index in [9.17, 15) is 4.79 Å². The number of carbonyl (C=O) groups excluding carboxylic acids is 1. The number of anilines is 1. The number of ether oxygens (including phenoxy) is 1. The minimum absolute atomic E-state index is 0.181. The van der Waals surface area contributed by atoms with Crippen LogP contribution in [0.4, 0.5) is 5.69 Å². The van der Waals surface area contributed by atoms with Crippen molar-refractivity contribution in [2.75, 3.05) is 12.4 Å². The molecule has 0 aliphatic rings. The Morgan fingerprint density at radius 3 is 2.57 bits per heavy atom. The number of benzene rings is 2. The van der Waals surface area contributed by atoms with Crippen molar-refractivity contribution in [1.29, 1.82) is 0 Å². The van der Waals surface area contributed by atoms with Gasteiger partial charge in [0.2, 0.25) is 0 Å². The maximum absolute atomic E-state index is 12.3. The zero-order chi connectivity index (χ0) is 16.4. The molecule has 0 spiro atoms. The summed E-state index contributed by atoms with van der Waals surface area (Å²) in [6.45, 7) is 4.05. The van der Waals surface area contributed by atoms with Crippen molar-refractivity contribution < 1.29 is 13.9 Å². The molecule has 23 heavy (non-hydrogen) atoms. The predicted octanol–water partition coefficient (Wildman–Crippen LogP) is 4.21. The molecule has 0 unspecified atom stereocenters. The van der Waals surface area contributed by atoms with Gasteiger partial charge < -0.3 is 14.5 Å². The Bertz CT molecular complexity index is 835. The highest BCUT2D eigenvalue weighted by Gasteiger charge is 2.11. The van der Waals surface area contributed by atoms with Gasteiger partial charge in [0.05, 0.1) is 7.11 Å². The molecule has 5 nitrogen and oxygen atoms in total. The molecule has 0 bridgehead atoms. The third kappa shape index (κ3) is 3.18. The highest BCUT2D eigenvalue weighted by Crippen LogP contribution is 2.24. The third-order valence-corrected chi connectivity index (χ3v) is 3.51. The lowest BCUT2D eigenvalue weighted by molar-refractivity contribution is 0.102. The van der Waals surface area contributed by atoms with E-state index in [0.717, 1.165) is 11.1 Å². The number of fused-ring (bicyclic) bond motifs is 1. The van der Waals surface area contributed by atoms with Gasteiger partial charge in [-0.2, -0.15) is 0 Å². The average molecular weight is 310 g/mol. The first-order chi connectivity index (χ1) is 11.1. The molecule has 1 heterocycles. The number of amides is 1. The van der Waals surface area contributed by atoms with Crippen LogP contribution in [0.2, 0.25) is 0 Å². The number of hydrogen-bond acceptors (Lipinski definition) is 4. The van der Waals surface area contributed by atoms with E-state index in [4.69, 9.17) is 9.15 Å². The molecule has 0 atom stereocenters. The van der Waals surface area contributed by atoms with Crippen LogP contribution in [0, 0.1) is 0 Å². The van der Waals surface area contributed by atoms with Gasteiger partial charge in [0.25, 0.3) is 5.91 Å². The SMILES string of the molecule is COc1ccc(C(=O)Nc2ccc3oc(C(C)C)nc3c2)cc1. The van der Waals surface area contributed by atoms with Crippen LogP contribution in [0.3, 0.4) is 0 Å². The lowest BCUT2D eigenvalue weighted by atomic mass is 10.2. The number of carbonyl (C=O) groups is 1. The highest BCUT2D eigenvalue weighted by molar-refractivity contribution is 6.04. The summed E-state index contributed by atoms with van der Waals surface area (Å²) in [5, 5.41) is 2.86. The van der Waals surface area contributed by atoms with E-state index in [1.807, 2.05) is 26.0 Å². The Balaban J connectivity index is 1.81. The molecule has 0 saturated heterocycles. The van der Waals surface area contributed by atoms with Crippen molar-refractivity contribution >= 4 is 22.7 Å². The molecule has 1 aromatic heterocycles. The van der Waals surface area contributed by atoms with Crippen molar-refractivity contribution in [1.82, 2.24) is 4.98 Å². The van der Waals surface area contributed by atoms with Crippen LogP contribution < -0.4 is 10.1 Å². The second-order valence-electron chi connectivity index (χ2n) is 5.57. The zero-order valence-corrected chi connectivity index (χ0v) is 13.3. The van der Waals surface area contributed by atoms with Gasteiger partial charge in [0, 0.05) is 17.2 Å². The normalized spacial score (nSPS) is 11.0. The van der Waals surface area contributed by atoms with E-state index in [0.29, 0.717) is 22.9 Å². The number of nitrogens with one attached hydrogen (secondary N) is 1. The first-order valence-corrected chi connectivity index (χ1v) is 7.42. The molecular weight excluding hydrogens is 292 g/mol. The summed E-state index contributed by atoms with van der Waals surface area (Å²) >= 11 is 0. The molecule has 0 fully saturated rings. The maximum Gasteiger partial charge on any atom is 0.255 e. The second kappa shape index (κ2) is 6.12. The van der Waals surface area contributed by atoms with E-state index in [1.54, 1.807) is 37.4 Å². The van der Waals surface area contributed by atoms with Gasteiger partial charge >= 0.3 is 0 Å². The largest absolute Gasteiger partial charge is 0.497 e. The van der Waals surface area contributed by atoms with Gasteiger partial charge in [-0.15, -0.1) is 0 Å². The Morgan fingerprint density at radius 2 is 1.91 bits per heavy atom. The van der Waals surface area contributed by atoms with Gasteiger partial charge in [0.1, 0.15) is 11.3 Å². The Kier molecular flexibility index (Phi) is 4.02. The lowest BCUT2D eigenvalue weighted by Crippen LogP contribution is -2.11. The first-order valence-electron chi connectivity index (χ1n) is 7.42. The number of oxazole rings is 1. The average Bonchev–Trinajstić information content (AvgIpc) is 2.98. The summed E-state index contributed by atoms with van der Waals surface area (Å²) in [6.07, 6.45) is 0. The maximum atomic E-state index is 12.3. The number of methoxy groups -OCH3 is 1. The van der Waals surface area contributed by atoms with Crippen LogP contribution >= 0.6 is 0 Å². The Morgan fingerprint density at radius 1 is 1.17 bits per heavy atom. The molecule has 1 amide bonds. The highest BCUT2D eigenvalue weighted by atomic mass is 16.5. The van der Waals surface area contributed by atoms with Crippen LogP contribution in [0.5, 0.6) is 5.75 Å².